The Bertz CT molecular complexity index is 1310. The summed E-state index contributed by atoms with van der Waals surface area (Å²) in [7, 11) is 0. The van der Waals surface area contributed by atoms with Crippen LogP contribution in [0.5, 0.6) is 0 Å². The second kappa shape index (κ2) is 8.77. The lowest BCUT2D eigenvalue weighted by atomic mass is 9.92. The Morgan fingerprint density at radius 3 is 2.44 bits per heavy atom. The molecule has 0 fully saturated rings. The van der Waals surface area contributed by atoms with E-state index in [9.17, 15) is 19.4 Å². The van der Waals surface area contributed by atoms with Crippen LogP contribution in [-0.2, 0) is 0 Å². The summed E-state index contributed by atoms with van der Waals surface area (Å²) in [5, 5.41) is 21.7. The molecule has 0 saturated heterocycles. The van der Waals surface area contributed by atoms with Gasteiger partial charge in [0.1, 0.15) is 23.0 Å². The molecule has 1 heterocycles. The molecular weight excluding hydrogens is 407 g/mol. The van der Waals surface area contributed by atoms with Crippen LogP contribution in [0.4, 0.5) is 4.39 Å². The molecule has 162 valence electrons. The van der Waals surface area contributed by atoms with E-state index in [1.165, 1.54) is 18.2 Å². The Kier molecular flexibility index (Phi) is 5.88. The van der Waals surface area contributed by atoms with E-state index < -0.39 is 17.7 Å². The standard InChI is InChI=1S/C26H23FN2O3/c1-3-22(30)16-10-8-11-17(15(16)2)24(31)23(25(32)18-9-4-5-12-19(18)27)26-28-20-13-6-7-14-21(20)29-26/h4-14,22,30-31H,3H2,1-2H3,(H,28,29)/b24-23-/t22-/m0/s1. The number of para-hydroxylation sites is 2. The number of nitrogens with zero attached hydrogens (tertiary/aromatic N) is 1. The molecule has 0 unspecified atom stereocenters. The molecule has 1 aromatic heterocycles. The van der Waals surface area contributed by atoms with E-state index in [-0.39, 0.29) is 22.7 Å². The van der Waals surface area contributed by atoms with Gasteiger partial charge in [-0.2, -0.15) is 0 Å². The number of hydrogen-bond acceptors (Lipinski definition) is 4. The number of imidazole rings is 1. The van der Waals surface area contributed by atoms with E-state index in [4.69, 9.17) is 0 Å². The fourth-order valence-electron chi connectivity index (χ4n) is 3.80. The van der Waals surface area contributed by atoms with Crippen molar-refractivity contribution in [3.05, 3.63) is 101 Å². The molecule has 4 rings (SSSR count). The highest BCUT2D eigenvalue weighted by molar-refractivity contribution is 6.33. The molecule has 0 saturated carbocycles. The molecule has 1 atom stereocenters. The number of Topliss-reactive ketones (excluding diaryl/α,β-unsaturated/α-hetero) is 1. The number of aliphatic hydroxyl groups is 2. The molecule has 0 radical (unpaired) electrons. The maximum atomic E-state index is 14.5. The SMILES string of the molecule is CC[C@H](O)c1cccc(/C(O)=C(\C(=O)c2ccccc2F)c2nc3ccccc3[nH]2)c1C. The Hall–Kier alpha value is -3.77. The van der Waals surface area contributed by atoms with Gasteiger partial charge in [0.15, 0.2) is 0 Å². The number of aromatic nitrogens is 2. The zero-order chi connectivity index (χ0) is 22.8. The highest BCUT2D eigenvalue weighted by atomic mass is 19.1. The highest BCUT2D eigenvalue weighted by Gasteiger charge is 2.26. The number of H-pyrrole nitrogens is 1. The van der Waals surface area contributed by atoms with Crippen molar-refractivity contribution in [3.8, 4) is 0 Å². The maximum Gasteiger partial charge on any atom is 0.203 e. The molecule has 0 spiro atoms. The topological polar surface area (TPSA) is 86.2 Å². The first-order chi connectivity index (χ1) is 15.4. The number of benzene rings is 3. The summed E-state index contributed by atoms with van der Waals surface area (Å²) in [4.78, 5) is 21.0. The van der Waals surface area contributed by atoms with Crippen LogP contribution >= 0.6 is 0 Å². The minimum absolute atomic E-state index is 0.137. The van der Waals surface area contributed by atoms with Gasteiger partial charge >= 0.3 is 0 Å². The fraction of sp³-hybridized carbons (Fsp3) is 0.154. The largest absolute Gasteiger partial charge is 0.506 e. The third kappa shape index (κ3) is 3.81. The predicted octanol–water partition coefficient (Wildman–Crippen LogP) is 5.76. The van der Waals surface area contributed by atoms with E-state index in [2.05, 4.69) is 9.97 Å². The molecule has 0 aliphatic heterocycles. The quantitative estimate of drug-likeness (QED) is 0.206. The lowest BCUT2D eigenvalue weighted by Gasteiger charge is -2.16. The third-order valence-corrected chi connectivity index (χ3v) is 5.59. The lowest BCUT2D eigenvalue weighted by Crippen LogP contribution is -2.10. The van der Waals surface area contributed by atoms with Gasteiger partial charge < -0.3 is 15.2 Å². The molecule has 4 aromatic rings. The van der Waals surface area contributed by atoms with Crippen LogP contribution in [0.1, 0.15) is 52.3 Å². The van der Waals surface area contributed by atoms with Crippen LogP contribution < -0.4 is 0 Å². The Balaban J connectivity index is 1.98. The number of fused-ring (bicyclic) bond motifs is 1. The minimum Gasteiger partial charge on any atom is -0.506 e. The van der Waals surface area contributed by atoms with Gasteiger partial charge in [-0.3, -0.25) is 4.79 Å². The van der Waals surface area contributed by atoms with Gasteiger partial charge in [-0.25, -0.2) is 9.37 Å². The number of carbonyl (C=O) groups is 1. The van der Waals surface area contributed by atoms with Gasteiger partial charge in [0, 0.05) is 5.56 Å². The first-order valence-electron chi connectivity index (χ1n) is 10.4. The number of aromatic amines is 1. The summed E-state index contributed by atoms with van der Waals surface area (Å²) in [5.41, 5.74) is 2.64. The fourth-order valence-corrected chi connectivity index (χ4v) is 3.80. The number of nitrogens with one attached hydrogen (secondary N) is 1. The molecule has 5 nitrogen and oxygen atoms in total. The van der Waals surface area contributed by atoms with Crippen molar-refractivity contribution in [3.63, 3.8) is 0 Å². The molecular formula is C26H23FN2O3. The van der Waals surface area contributed by atoms with Crippen LogP contribution in [0, 0.1) is 12.7 Å². The van der Waals surface area contributed by atoms with Crippen molar-refractivity contribution in [1.29, 1.82) is 0 Å². The highest BCUT2D eigenvalue weighted by Crippen LogP contribution is 2.32. The molecule has 0 amide bonds. The van der Waals surface area contributed by atoms with Crippen molar-refractivity contribution in [1.82, 2.24) is 9.97 Å². The van der Waals surface area contributed by atoms with Crippen LogP contribution in [0.3, 0.4) is 0 Å². The zero-order valence-electron chi connectivity index (χ0n) is 17.8. The third-order valence-electron chi connectivity index (χ3n) is 5.59. The molecule has 0 aliphatic rings. The summed E-state index contributed by atoms with van der Waals surface area (Å²) in [6, 6.07) is 18.0. The number of rotatable bonds is 6. The summed E-state index contributed by atoms with van der Waals surface area (Å²) < 4.78 is 14.5. The number of hydrogen-bond donors (Lipinski definition) is 3. The van der Waals surface area contributed by atoms with Crippen LogP contribution in [0.15, 0.2) is 66.7 Å². The number of carbonyl (C=O) groups excluding carboxylic acids is 1. The van der Waals surface area contributed by atoms with E-state index in [1.807, 2.05) is 19.1 Å². The second-order valence-electron chi connectivity index (χ2n) is 7.58. The van der Waals surface area contributed by atoms with Crippen molar-refractivity contribution < 1.29 is 19.4 Å². The van der Waals surface area contributed by atoms with Crippen molar-refractivity contribution in [2.45, 2.75) is 26.4 Å². The van der Waals surface area contributed by atoms with Gasteiger partial charge in [-0.1, -0.05) is 49.4 Å². The van der Waals surface area contributed by atoms with Gasteiger partial charge in [-0.15, -0.1) is 0 Å². The molecule has 0 bridgehead atoms. The van der Waals surface area contributed by atoms with Crippen LogP contribution in [0.25, 0.3) is 22.4 Å². The summed E-state index contributed by atoms with van der Waals surface area (Å²) in [5.74, 6) is -1.58. The summed E-state index contributed by atoms with van der Waals surface area (Å²) >= 11 is 0. The maximum absolute atomic E-state index is 14.5. The summed E-state index contributed by atoms with van der Waals surface area (Å²) in [6.45, 7) is 3.62. The van der Waals surface area contributed by atoms with E-state index in [1.54, 1.807) is 43.3 Å². The number of ketones is 1. The average Bonchev–Trinajstić information content (AvgIpc) is 3.22. The average molecular weight is 430 g/mol. The first kappa shape index (κ1) is 21.5. The van der Waals surface area contributed by atoms with Gasteiger partial charge in [-0.05, 0) is 48.7 Å². The minimum atomic E-state index is -0.709. The molecule has 3 aromatic carbocycles. The van der Waals surface area contributed by atoms with Gasteiger partial charge in [0.2, 0.25) is 5.78 Å². The van der Waals surface area contributed by atoms with Crippen LogP contribution in [0.2, 0.25) is 0 Å². The van der Waals surface area contributed by atoms with Gasteiger partial charge in [0.25, 0.3) is 0 Å². The number of aliphatic hydroxyl groups excluding tert-OH is 2. The molecule has 6 heteroatoms. The lowest BCUT2D eigenvalue weighted by molar-refractivity contribution is 0.105. The van der Waals surface area contributed by atoms with E-state index in [0.29, 0.717) is 34.1 Å². The molecule has 32 heavy (non-hydrogen) atoms. The van der Waals surface area contributed by atoms with Crippen molar-refractivity contribution in [2.75, 3.05) is 0 Å². The molecule has 0 aliphatic carbocycles. The van der Waals surface area contributed by atoms with Gasteiger partial charge in [0.05, 0.1) is 22.7 Å². The van der Waals surface area contributed by atoms with Crippen molar-refractivity contribution >= 4 is 28.1 Å². The first-order valence-corrected chi connectivity index (χ1v) is 10.4. The van der Waals surface area contributed by atoms with E-state index >= 15 is 0 Å². The monoisotopic (exact) mass is 430 g/mol. The van der Waals surface area contributed by atoms with Crippen LogP contribution in [-0.4, -0.2) is 26.0 Å². The summed E-state index contributed by atoms with van der Waals surface area (Å²) in [6.07, 6.45) is -0.209. The normalized spacial score (nSPS) is 13.1. The molecule has 3 N–H and O–H groups in total. The Morgan fingerprint density at radius 2 is 1.72 bits per heavy atom. The predicted molar refractivity (Wildman–Crippen MR) is 123 cm³/mol. The number of allylic oxidation sites excluding steroid dienone is 1. The zero-order valence-corrected chi connectivity index (χ0v) is 17.8. The Morgan fingerprint density at radius 1 is 1.03 bits per heavy atom. The van der Waals surface area contributed by atoms with Crippen molar-refractivity contribution in [2.24, 2.45) is 0 Å². The Labute approximate surface area is 184 Å². The smallest absolute Gasteiger partial charge is 0.203 e. The number of halogens is 1. The van der Waals surface area contributed by atoms with E-state index in [0.717, 1.165) is 0 Å². The second-order valence-corrected chi connectivity index (χ2v) is 7.58.